The highest BCUT2D eigenvalue weighted by molar-refractivity contribution is 5.54. The van der Waals surface area contributed by atoms with Crippen LogP contribution in [-0.4, -0.2) is 7.11 Å². The zero-order chi connectivity index (χ0) is 16.6. The molecule has 116 valence electrons. The predicted molar refractivity (Wildman–Crippen MR) is 93.4 cm³/mol. The predicted octanol–water partition coefficient (Wildman–Crippen LogP) is 4.06. The summed E-state index contributed by atoms with van der Waals surface area (Å²) in [5, 5.41) is 9.00. The van der Waals surface area contributed by atoms with Crippen LogP contribution in [-0.2, 0) is 5.41 Å². The SMILES string of the molecule is COc1ccc(C#C[C@]2(c3ccc(C#N)cc3)[C@@H]3CC=C[C@@H]32)cc1. The van der Waals surface area contributed by atoms with Gasteiger partial charge in [-0.15, -0.1) is 0 Å². The van der Waals surface area contributed by atoms with Gasteiger partial charge in [0.25, 0.3) is 0 Å². The maximum Gasteiger partial charge on any atom is 0.118 e. The fourth-order valence-electron chi connectivity index (χ4n) is 3.80. The average molecular weight is 311 g/mol. The molecule has 4 rings (SSSR count). The van der Waals surface area contributed by atoms with Crippen LogP contribution < -0.4 is 4.74 Å². The minimum Gasteiger partial charge on any atom is -0.497 e. The summed E-state index contributed by atoms with van der Waals surface area (Å²) >= 11 is 0. The number of ether oxygens (including phenoxy) is 1. The monoisotopic (exact) mass is 311 g/mol. The molecule has 0 amide bonds. The van der Waals surface area contributed by atoms with Gasteiger partial charge in [0, 0.05) is 11.5 Å². The van der Waals surface area contributed by atoms with Gasteiger partial charge in [0.1, 0.15) is 5.75 Å². The highest BCUT2D eigenvalue weighted by atomic mass is 16.5. The number of rotatable bonds is 2. The van der Waals surface area contributed by atoms with Crippen molar-refractivity contribution in [3.8, 4) is 23.7 Å². The molecule has 0 aromatic heterocycles. The van der Waals surface area contributed by atoms with Gasteiger partial charge in [0.05, 0.1) is 24.2 Å². The molecule has 2 nitrogen and oxygen atoms in total. The fourth-order valence-corrected chi connectivity index (χ4v) is 3.80. The molecule has 0 unspecified atom stereocenters. The van der Waals surface area contributed by atoms with Crippen LogP contribution >= 0.6 is 0 Å². The van der Waals surface area contributed by atoms with E-state index < -0.39 is 0 Å². The molecule has 0 radical (unpaired) electrons. The van der Waals surface area contributed by atoms with E-state index in [9.17, 15) is 0 Å². The molecule has 0 heterocycles. The van der Waals surface area contributed by atoms with Crippen molar-refractivity contribution < 1.29 is 4.74 Å². The zero-order valence-electron chi connectivity index (χ0n) is 13.5. The Bertz CT molecular complexity index is 890. The Labute approximate surface area is 142 Å². The first-order chi connectivity index (χ1) is 11.8. The number of fused-ring (bicyclic) bond motifs is 1. The van der Waals surface area contributed by atoms with Gasteiger partial charge < -0.3 is 4.74 Å². The van der Waals surface area contributed by atoms with Gasteiger partial charge in [0.15, 0.2) is 0 Å². The van der Waals surface area contributed by atoms with Crippen LogP contribution in [0.4, 0.5) is 0 Å². The minimum atomic E-state index is -0.0946. The lowest BCUT2D eigenvalue weighted by Gasteiger charge is -2.13. The van der Waals surface area contributed by atoms with Crippen molar-refractivity contribution in [2.75, 3.05) is 7.11 Å². The van der Waals surface area contributed by atoms with Crippen LogP contribution in [0.25, 0.3) is 0 Å². The third-order valence-electron chi connectivity index (χ3n) is 5.16. The first-order valence-electron chi connectivity index (χ1n) is 8.12. The Morgan fingerprint density at radius 2 is 1.75 bits per heavy atom. The van der Waals surface area contributed by atoms with Gasteiger partial charge in [-0.05, 0) is 54.3 Å². The Hall–Kier alpha value is -2.97. The lowest BCUT2D eigenvalue weighted by molar-refractivity contribution is 0.415. The first kappa shape index (κ1) is 14.6. The molecule has 2 aliphatic rings. The lowest BCUT2D eigenvalue weighted by Crippen LogP contribution is -2.10. The lowest BCUT2D eigenvalue weighted by atomic mass is 9.89. The first-order valence-corrected chi connectivity index (χ1v) is 8.12. The summed E-state index contributed by atoms with van der Waals surface area (Å²) in [4.78, 5) is 0. The van der Waals surface area contributed by atoms with E-state index in [-0.39, 0.29) is 5.41 Å². The molecular weight excluding hydrogens is 294 g/mol. The van der Waals surface area contributed by atoms with Gasteiger partial charge in [-0.3, -0.25) is 0 Å². The molecule has 0 bridgehead atoms. The molecule has 2 heteroatoms. The number of nitrogens with zero attached hydrogens (tertiary/aromatic N) is 1. The summed E-state index contributed by atoms with van der Waals surface area (Å²) in [5.74, 6) is 8.81. The number of nitriles is 1. The second-order valence-corrected chi connectivity index (χ2v) is 6.33. The Kier molecular flexibility index (Phi) is 3.40. The average Bonchev–Trinajstić information content (AvgIpc) is 2.99. The minimum absolute atomic E-state index is 0.0946. The maximum atomic E-state index is 9.00. The quantitative estimate of drug-likeness (QED) is 0.619. The van der Waals surface area contributed by atoms with Crippen molar-refractivity contribution in [1.82, 2.24) is 0 Å². The molecule has 0 N–H and O–H groups in total. The topological polar surface area (TPSA) is 33.0 Å². The van der Waals surface area contributed by atoms with Crippen molar-refractivity contribution in [3.05, 3.63) is 77.4 Å². The molecule has 3 atom stereocenters. The third kappa shape index (κ3) is 2.20. The Morgan fingerprint density at radius 1 is 1.04 bits per heavy atom. The highest BCUT2D eigenvalue weighted by Crippen LogP contribution is 2.64. The maximum absolute atomic E-state index is 9.00. The number of benzene rings is 2. The van der Waals surface area contributed by atoms with E-state index in [1.807, 2.05) is 36.4 Å². The van der Waals surface area contributed by atoms with E-state index in [4.69, 9.17) is 10.00 Å². The fraction of sp³-hybridized carbons (Fsp3) is 0.227. The molecule has 0 saturated heterocycles. The molecule has 0 spiro atoms. The molecule has 24 heavy (non-hydrogen) atoms. The van der Waals surface area contributed by atoms with Crippen LogP contribution in [0.1, 0.15) is 23.1 Å². The van der Waals surface area contributed by atoms with E-state index in [1.54, 1.807) is 7.11 Å². The zero-order valence-corrected chi connectivity index (χ0v) is 13.5. The molecule has 2 aliphatic carbocycles. The van der Waals surface area contributed by atoms with Crippen molar-refractivity contribution in [2.45, 2.75) is 11.8 Å². The summed E-state index contributed by atoms with van der Waals surface area (Å²) in [6, 6.07) is 18.0. The summed E-state index contributed by atoms with van der Waals surface area (Å²) in [7, 11) is 1.66. The van der Waals surface area contributed by atoms with Crippen LogP contribution in [0.5, 0.6) is 5.75 Å². The van der Waals surface area contributed by atoms with Crippen molar-refractivity contribution >= 4 is 0 Å². The molecular formula is C22H17NO. The van der Waals surface area contributed by atoms with E-state index in [2.05, 4.69) is 42.2 Å². The summed E-state index contributed by atoms with van der Waals surface area (Å²) in [6.07, 6.45) is 5.64. The van der Waals surface area contributed by atoms with E-state index in [1.165, 1.54) is 5.56 Å². The second kappa shape index (κ2) is 5.59. The van der Waals surface area contributed by atoms with Crippen LogP contribution in [0.2, 0.25) is 0 Å². The number of hydrogen-bond acceptors (Lipinski definition) is 2. The van der Waals surface area contributed by atoms with Gasteiger partial charge in [0.2, 0.25) is 0 Å². The number of hydrogen-bond donors (Lipinski definition) is 0. The number of methoxy groups -OCH3 is 1. The van der Waals surface area contributed by atoms with E-state index in [0.717, 1.165) is 17.7 Å². The molecule has 1 saturated carbocycles. The van der Waals surface area contributed by atoms with Gasteiger partial charge in [-0.1, -0.05) is 36.1 Å². The van der Waals surface area contributed by atoms with Crippen LogP contribution in [0, 0.1) is 35.0 Å². The normalized spacial score (nSPS) is 26.0. The Morgan fingerprint density at radius 3 is 2.33 bits per heavy atom. The van der Waals surface area contributed by atoms with Crippen molar-refractivity contribution in [2.24, 2.45) is 11.8 Å². The van der Waals surface area contributed by atoms with E-state index >= 15 is 0 Å². The highest BCUT2D eigenvalue weighted by Gasteiger charge is 2.64. The summed E-state index contributed by atoms with van der Waals surface area (Å²) in [6.45, 7) is 0. The standard InChI is InChI=1S/C22H17NO/c1-24-19-11-7-16(8-12-19)13-14-22(20-3-2-4-21(20)22)18-9-5-17(15-23)6-10-18/h2-3,5-12,20-21H,4H2,1H3/t20-,21+,22+/m0/s1. The van der Waals surface area contributed by atoms with Crippen LogP contribution in [0.3, 0.4) is 0 Å². The molecule has 2 aromatic carbocycles. The van der Waals surface area contributed by atoms with Gasteiger partial charge in [-0.25, -0.2) is 0 Å². The molecule has 0 aliphatic heterocycles. The van der Waals surface area contributed by atoms with Crippen molar-refractivity contribution in [1.29, 1.82) is 5.26 Å². The van der Waals surface area contributed by atoms with Gasteiger partial charge in [-0.2, -0.15) is 5.26 Å². The largest absolute Gasteiger partial charge is 0.497 e. The van der Waals surface area contributed by atoms with E-state index in [0.29, 0.717) is 17.4 Å². The van der Waals surface area contributed by atoms with Crippen LogP contribution in [0.15, 0.2) is 60.7 Å². The second-order valence-electron chi connectivity index (χ2n) is 6.33. The molecule has 1 fully saturated rings. The summed E-state index contributed by atoms with van der Waals surface area (Å²) in [5.41, 5.74) is 2.82. The molecule has 2 aromatic rings. The Balaban J connectivity index is 1.69. The van der Waals surface area contributed by atoms with Gasteiger partial charge >= 0.3 is 0 Å². The number of allylic oxidation sites excluding steroid dienone is 2. The third-order valence-corrected chi connectivity index (χ3v) is 5.16. The van der Waals surface area contributed by atoms with Crippen molar-refractivity contribution in [3.63, 3.8) is 0 Å². The summed E-state index contributed by atoms with van der Waals surface area (Å²) < 4.78 is 5.20. The smallest absolute Gasteiger partial charge is 0.118 e.